The van der Waals surface area contributed by atoms with Crippen molar-refractivity contribution in [2.45, 2.75) is 32.6 Å². The van der Waals surface area contributed by atoms with E-state index in [1.165, 1.54) is 5.56 Å². The van der Waals surface area contributed by atoms with E-state index >= 15 is 0 Å². The molecule has 0 aromatic heterocycles. The number of carbonyl (C=O) groups is 2. The zero-order valence-corrected chi connectivity index (χ0v) is 13.8. The molecule has 2 aromatic rings. The van der Waals surface area contributed by atoms with E-state index in [1.807, 2.05) is 37.3 Å². The van der Waals surface area contributed by atoms with Crippen molar-refractivity contribution in [3.8, 4) is 5.75 Å². The summed E-state index contributed by atoms with van der Waals surface area (Å²) in [5.41, 5.74) is 3.11. The summed E-state index contributed by atoms with van der Waals surface area (Å²) in [6.45, 7) is 2.76. The number of amides is 1. The molecule has 1 heterocycles. The maximum Gasteiger partial charge on any atom is 0.311 e. The van der Waals surface area contributed by atoms with Crippen LogP contribution in [-0.4, -0.2) is 18.4 Å². The molecule has 3 rings (SSSR count). The van der Waals surface area contributed by atoms with Crippen LogP contribution in [0.25, 0.3) is 0 Å². The largest absolute Gasteiger partial charge is 0.426 e. The number of esters is 1. The van der Waals surface area contributed by atoms with Crippen LogP contribution < -0.4 is 9.64 Å². The molecule has 4 nitrogen and oxygen atoms in total. The summed E-state index contributed by atoms with van der Waals surface area (Å²) in [7, 11) is 0. The molecule has 0 aliphatic carbocycles. The molecule has 124 valence electrons. The van der Waals surface area contributed by atoms with Gasteiger partial charge in [-0.3, -0.25) is 9.59 Å². The van der Waals surface area contributed by atoms with Gasteiger partial charge in [-0.1, -0.05) is 35.9 Å². The van der Waals surface area contributed by atoms with E-state index in [2.05, 4.69) is 6.07 Å². The van der Waals surface area contributed by atoms with E-state index in [-0.39, 0.29) is 11.9 Å². The van der Waals surface area contributed by atoms with Crippen LogP contribution in [0.1, 0.15) is 30.4 Å². The van der Waals surface area contributed by atoms with Gasteiger partial charge in [0, 0.05) is 31.1 Å². The van der Waals surface area contributed by atoms with Crippen LogP contribution >= 0.6 is 0 Å². The molecule has 0 radical (unpaired) electrons. The van der Waals surface area contributed by atoms with Crippen LogP contribution in [0.4, 0.5) is 5.69 Å². The molecule has 0 N–H and O–H groups in total. The van der Waals surface area contributed by atoms with E-state index < -0.39 is 0 Å². The molecular weight excluding hydrogens is 302 g/mol. The van der Waals surface area contributed by atoms with Crippen molar-refractivity contribution in [2.24, 2.45) is 0 Å². The molecule has 24 heavy (non-hydrogen) atoms. The summed E-state index contributed by atoms with van der Waals surface area (Å²) in [5.74, 6) is 0.348. The highest BCUT2D eigenvalue weighted by Gasteiger charge is 2.22. The smallest absolute Gasteiger partial charge is 0.311 e. The molecule has 1 aliphatic heterocycles. The first-order chi connectivity index (χ1) is 11.6. The second kappa shape index (κ2) is 7.30. The average molecular weight is 323 g/mol. The summed E-state index contributed by atoms with van der Waals surface area (Å²) >= 11 is 0. The third-order valence-corrected chi connectivity index (χ3v) is 4.13. The molecule has 0 unspecified atom stereocenters. The van der Waals surface area contributed by atoms with Gasteiger partial charge in [0.15, 0.2) is 0 Å². The molecule has 0 spiro atoms. The maximum atomic E-state index is 12.1. The zero-order chi connectivity index (χ0) is 16.9. The molecule has 1 amide bonds. The van der Waals surface area contributed by atoms with Crippen molar-refractivity contribution < 1.29 is 14.3 Å². The van der Waals surface area contributed by atoms with Crippen LogP contribution in [-0.2, 0) is 16.0 Å². The number of hydrogen-bond acceptors (Lipinski definition) is 3. The van der Waals surface area contributed by atoms with Crippen LogP contribution in [0.3, 0.4) is 0 Å². The van der Waals surface area contributed by atoms with E-state index in [0.29, 0.717) is 25.0 Å². The molecule has 0 bridgehead atoms. The summed E-state index contributed by atoms with van der Waals surface area (Å²) in [4.78, 5) is 25.6. The first-order valence-corrected chi connectivity index (χ1v) is 8.28. The predicted molar refractivity (Wildman–Crippen MR) is 93.2 cm³/mol. The van der Waals surface area contributed by atoms with Gasteiger partial charge in [0.05, 0.1) is 0 Å². The molecule has 1 aliphatic rings. The topological polar surface area (TPSA) is 46.6 Å². The Balaban J connectivity index is 1.59. The normalized spacial score (nSPS) is 14.0. The number of aryl methyl sites for hydroxylation is 2. The highest BCUT2D eigenvalue weighted by molar-refractivity contribution is 5.95. The highest BCUT2D eigenvalue weighted by atomic mass is 16.5. The van der Waals surface area contributed by atoms with Crippen molar-refractivity contribution in [3.63, 3.8) is 0 Å². The van der Waals surface area contributed by atoms with Crippen molar-refractivity contribution in [1.29, 1.82) is 0 Å². The third-order valence-electron chi connectivity index (χ3n) is 4.13. The number of hydrogen-bond donors (Lipinski definition) is 0. The van der Waals surface area contributed by atoms with E-state index in [1.54, 1.807) is 17.0 Å². The van der Waals surface area contributed by atoms with Crippen LogP contribution in [0.2, 0.25) is 0 Å². The molecule has 4 heteroatoms. The molecule has 0 atom stereocenters. The Morgan fingerprint density at radius 3 is 2.75 bits per heavy atom. The van der Waals surface area contributed by atoms with Gasteiger partial charge in [-0.25, -0.2) is 0 Å². The number of rotatable bonds is 5. The van der Waals surface area contributed by atoms with E-state index in [4.69, 9.17) is 4.74 Å². The number of ether oxygens (including phenoxy) is 1. The minimum absolute atomic E-state index is 0.123. The first-order valence-electron chi connectivity index (χ1n) is 8.28. The fourth-order valence-electron chi connectivity index (χ4n) is 2.93. The van der Waals surface area contributed by atoms with Crippen LogP contribution in [0.15, 0.2) is 48.5 Å². The lowest BCUT2D eigenvalue weighted by Crippen LogP contribution is -2.23. The number of carbonyl (C=O) groups excluding carboxylic acids is 2. The number of nitrogens with zero attached hydrogens (tertiary/aromatic N) is 1. The lowest BCUT2D eigenvalue weighted by atomic mass is 10.1. The van der Waals surface area contributed by atoms with Gasteiger partial charge in [-0.15, -0.1) is 0 Å². The Kier molecular flexibility index (Phi) is 4.94. The van der Waals surface area contributed by atoms with Gasteiger partial charge >= 0.3 is 5.97 Å². The number of benzene rings is 2. The lowest BCUT2D eigenvalue weighted by Gasteiger charge is -2.16. The van der Waals surface area contributed by atoms with Gasteiger partial charge in [0.25, 0.3) is 0 Å². The van der Waals surface area contributed by atoms with Gasteiger partial charge < -0.3 is 9.64 Å². The second-order valence-electron chi connectivity index (χ2n) is 6.11. The molecule has 1 fully saturated rings. The molecule has 0 saturated carbocycles. The second-order valence-corrected chi connectivity index (χ2v) is 6.11. The predicted octanol–water partition coefficient (Wildman–Crippen LogP) is 3.66. The van der Waals surface area contributed by atoms with Gasteiger partial charge in [0.1, 0.15) is 5.75 Å². The Labute approximate surface area is 142 Å². The summed E-state index contributed by atoms with van der Waals surface area (Å²) < 4.78 is 5.42. The van der Waals surface area contributed by atoms with E-state index in [9.17, 15) is 9.59 Å². The van der Waals surface area contributed by atoms with Crippen molar-refractivity contribution in [1.82, 2.24) is 0 Å². The Hall–Kier alpha value is -2.62. The first kappa shape index (κ1) is 16.2. The van der Waals surface area contributed by atoms with Crippen molar-refractivity contribution in [3.05, 3.63) is 59.7 Å². The molecule has 1 saturated heterocycles. The van der Waals surface area contributed by atoms with E-state index in [0.717, 1.165) is 24.2 Å². The SMILES string of the molecule is Cc1cccc(CCC(=O)Oc2cccc(N3CCCC3=O)c2)c1. The monoisotopic (exact) mass is 323 g/mol. The van der Waals surface area contributed by atoms with Crippen LogP contribution in [0.5, 0.6) is 5.75 Å². The van der Waals surface area contributed by atoms with Gasteiger partial charge in [0.2, 0.25) is 5.91 Å². The maximum absolute atomic E-state index is 12.1. The number of anilines is 1. The standard InChI is InChI=1S/C20H21NO3/c1-15-5-2-6-16(13-15)10-11-20(23)24-18-8-3-7-17(14-18)21-12-4-9-19(21)22/h2-3,5-8,13-14H,4,9-12H2,1H3. The Morgan fingerprint density at radius 2 is 2.00 bits per heavy atom. The van der Waals surface area contributed by atoms with Gasteiger partial charge in [-0.2, -0.15) is 0 Å². The summed E-state index contributed by atoms with van der Waals surface area (Å²) in [5, 5.41) is 0. The summed E-state index contributed by atoms with van der Waals surface area (Å²) in [6, 6.07) is 15.3. The minimum Gasteiger partial charge on any atom is -0.426 e. The Bertz CT molecular complexity index is 754. The quantitative estimate of drug-likeness (QED) is 0.623. The Morgan fingerprint density at radius 1 is 1.17 bits per heavy atom. The average Bonchev–Trinajstić information content (AvgIpc) is 2.99. The highest BCUT2D eigenvalue weighted by Crippen LogP contribution is 2.25. The third kappa shape index (κ3) is 4.02. The van der Waals surface area contributed by atoms with Gasteiger partial charge in [-0.05, 0) is 37.5 Å². The zero-order valence-electron chi connectivity index (χ0n) is 13.8. The fraction of sp³-hybridized carbons (Fsp3) is 0.300. The van der Waals surface area contributed by atoms with Crippen LogP contribution in [0, 0.1) is 6.92 Å². The summed E-state index contributed by atoms with van der Waals surface area (Å²) in [6.07, 6.45) is 2.45. The molecule has 2 aromatic carbocycles. The van der Waals surface area contributed by atoms with Crippen molar-refractivity contribution in [2.75, 3.05) is 11.4 Å². The minimum atomic E-state index is -0.263. The lowest BCUT2D eigenvalue weighted by molar-refractivity contribution is -0.134. The fourth-order valence-corrected chi connectivity index (χ4v) is 2.93. The molecular formula is C20H21NO3. The van der Waals surface area contributed by atoms with Crippen molar-refractivity contribution >= 4 is 17.6 Å².